The molecule has 0 aliphatic heterocycles. The van der Waals surface area contributed by atoms with Gasteiger partial charge in [0.15, 0.2) is 0 Å². The maximum Gasteiger partial charge on any atom is 0.399 e. The molecule has 1 atom stereocenters. The number of alkyl halides is 4. The second-order valence-corrected chi connectivity index (χ2v) is 13.1. The molecule has 0 bridgehead atoms. The first-order valence-corrected chi connectivity index (χ1v) is 16.5. The van der Waals surface area contributed by atoms with E-state index in [4.69, 9.17) is 9.47 Å². The number of tetrazole rings is 1. The Bertz CT molecular complexity index is 1860. The monoisotopic (exact) mass is 698 g/mol. The molecule has 0 radical (unpaired) electrons. The fourth-order valence-corrected chi connectivity index (χ4v) is 5.70. The number of aromatic amines is 1. The molecule has 0 aliphatic rings. The van der Waals surface area contributed by atoms with Crippen molar-refractivity contribution < 1.29 is 46.2 Å². The zero-order valence-electron chi connectivity index (χ0n) is 25.8. The summed E-state index contributed by atoms with van der Waals surface area (Å²) in [5.74, 6) is -5.08. The van der Waals surface area contributed by atoms with Crippen molar-refractivity contribution in [3.05, 3.63) is 148 Å². The molecule has 1 heterocycles. The van der Waals surface area contributed by atoms with E-state index >= 15 is 8.78 Å². The van der Waals surface area contributed by atoms with Gasteiger partial charge in [0.2, 0.25) is 5.82 Å². The minimum Gasteiger partial charge on any atom is -0.460 e. The number of rotatable bonds is 15. The topological polar surface area (TPSA) is 148 Å². The van der Waals surface area contributed by atoms with Crippen LogP contribution in [0.2, 0.25) is 0 Å². The van der Waals surface area contributed by atoms with E-state index in [1.807, 2.05) is 35.5 Å². The minimum absolute atomic E-state index is 0.0795. The van der Waals surface area contributed by atoms with E-state index in [0.717, 1.165) is 17.7 Å². The van der Waals surface area contributed by atoms with Gasteiger partial charge in [-0.25, -0.2) is 0 Å². The Labute approximate surface area is 278 Å². The van der Waals surface area contributed by atoms with Gasteiger partial charge in [0, 0.05) is 11.1 Å². The van der Waals surface area contributed by atoms with Crippen LogP contribution in [-0.2, 0) is 56.5 Å². The Hall–Kier alpha value is -4.75. The third-order valence-electron chi connectivity index (χ3n) is 7.83. The van der Waals surface area contributed by atoms with Gasteiger partial charge in [0.25, 0.3) is 0 Å². The standard InChI is InChI=1S/C34H31F4N4O6P/c35-33(36,30-39-41-42-40-30)28-15-11-24(12-16-28)19-32(23-47-21-26-7-3-1-4-8-26,31(43)48-22-27-9-5-2-6-10-27)20-25-13-17-29(18-14-25)34(37,38)49(44,45)46/h1-18H,19-23H2,(H2,44,45,46)(H,39,40,41,42). The number of H-pyrrole nitrogens is 1. The van der Waals surface area contributed by atoms with Gasteiger partial charge in [-0.05, 0) is 40.3 Å². The molecule has 0 fully saturated rings. The van der Waals surface area contributed by atoms with Crippen molar-refractivity contribution in [2.45, 2.75) is 37.6 Å². The van der Waals surface area contributed by atoms with E-state index in [-0.39, 0.29) is 32.7 Å². The number of ether oxygens (including phenoxy) is 2. The van der Waals surface area contributed by atoms with Crippen molar-refractivity contribution in [2.24, 2.45) is 5.41 Å². The molecule has 0 amide bonds. The highest BCUT2D eigenvalue weighted by atomic mass is 31.2. The molecule has 0 spiro atoms. The molecule has 5 aromatic rings. The summed E-state index contributed by atoms with van der Waals surface area (Å²) >= 11 is 0. The fraction of sp³-hybridized carbons (Fsp3) is 0.235. The van der Waals surface area contributed by atoms with Gasteiger partial charge in [-0.2, -0.15) is 22.8 Å². The van der Waals surface area contributed by atoms with Gasteiger partial charge < -0.3 is 19.3 Å². The number of carbonyl (C=O) groups is 1. The maximum absolute atomic E-state index is 15.0. The summed E-state index contributed by atoms with van der Waals surface area (Å²) in [6.07, 6.45) is -0.207. The highest BCUT2D eigenvalue weighted by molar-refractivity contribution is 7.52. The van der Waals surface area contributed by atoms with Crippen LogP contribution in [0.1, 0.15) is 39.2 Å². The number of hydrogen-bond acceptors (Lipinski definition) is 7. The first-order valence-electron chi connectivity index (χ1n) is 14.9. The van der Waals surface area contributed by atoms with Crippen molar-refractivity contribution in [3.63, 3.8) is 0 Å². The Morgan fingerprint density at radius 2 is 1.22 bits per heavy atom. The molecule has 5 rings (SSSR count). The average molecular weight is 699 g/mol. The quantitative estimate of drug-likeness (QED) is 0.0651. The number of halogens is 4. The second kappa shape index (κ2) is 14.8. The Balaban J connectivity index is 1.50. The fourth-order valence-electron chi connectivity index (χ4n) is 5.21. The molecule has 1 unspecified atom stereocenters. The largest absolute Gasteiger partial charge is 0.460 e. The first kappa shape index (κ1) is 35.6. The molecular formula is C34H31F4N4O6P. The van der Waals surface area contributed by atoms with Crippen molar-refractivity contribution >= 4 is 13.6 Å². The van der Waals surface area contributed by atoms with Crippen LogP contribution in [0, 0.1) is 5.41 Å². The second-order valence-electron chi connectivity index (χ2n) is 11.5. The van der Waals surface area contributed by atoms with Crippen LogP contribution in [0.3, 0.4) is 0 Å². The number of nitrogens with one attached hydrogen (secondary N) is 1. The van der Waals surface area contributed by atoms with Crippen molar-refractivity contribution in [3.8, 4) is 0 Å². The van der Waals surface area contributed by atoms with Gasteiger partial charge in [-0.3, -0.25) is 9.36 Å². The highest BCUT2D eigenvalue weighted by Gasteiger charge is 2.50. The number of esters is 1. The SMILES string of the molecule is O=C(OCc1ccccc1)C(COCc1ccccc1)(Cc1ccc(C(F)(F)c2nn[nH]n2)cc1)Cc1ccc(C(F)(F)P(=O)(O)O)cc1. The molecule has 0 saturated heterocycles. The zero-order valence-corrected chi connectivity index (χ0v) is 26.7. The minimum atomic E-state index is -5.82. The molecular weight excluding hydrogens is 667 g/mol. The van der Waals surface area contributed by atoms with Gasteiger partial charge >= 0.3 is 25.2 Å². The number of aromatic nitrogens is 4. The summed E-state index contributed by atoms with van der Waals surface area (Å²) < 4.78 is 82.2. The highest BCUT2D eigenvalue weighted by Crippen LogP contribution is 2.59. The van der Waals surface area contributed by atoms with Crippen LogP contribution in [0.4, 0.5) is 17.6 Å². The van der Waals surface area contributed by atoms with Crippen LogP contribution >= 0.6 is 7.60 Å². The summed E-state index contributed by atoms with van der Waals surface area (Å²) in [7, 11) is -5.82. The van der Waals surface area contributed by atoms with E-state index in [2.05, 4.69) is 15.4 Å². The zero-order chi connectivity index (χ0) is 35.1. The molecule has 10 nitrogen and oxygen atoms in total. The van der Waals surface area contributed by atoms with Crippen molar-refractivity contribution in [1.29, 1.82) is 0 Å². The van der Waals surface area contributed by atoms with Crippen molar-refractivity contribution in [1.82, 2.24) is 20.6 Å². The Kier molecular flexibility index (Phi) is 10.7. The lowest BCUT2D eigenvalue weighted by atomic mass is 9.76. The average Bonchev–Trinajstić information content (AvgIpc) is 3.65. The van der Waals surface area contributed by atoms with E-state index in [9.17, 15) is 27.9 Å². The van der Waals surface area contributed by atoms with Gasteiger partial charge in [0.05, 0.1) is 18.6 Å². The lowest BCUT2D eigenvalue weighted by Gasteiger charge is -2.32. The van der Waals surface area contributed by atoms with Crippen LogP contribution in [0.25, 0.3) is 0 Å². The third kappa shape index (κ3) is 8.46. The number of benzene rings is 4. The Morgan fingerprint density at radius 1 is 0.714 bits per heavy atom. The predicted molar refractivity (Wildman–Crippen MR) is 168 cm³/mol. The molecule has 4 aromatic carbocycles. The summed E-state index contributed by atoms with van der Waals surface area (Å²) in [6, 6.07) is 27.5. The summed E-state index contributed by atoms with van der Waals surface area (Å²) in [5.41, 5.74) is -4.95. The van der Waals surface area contributed by atoms with Gasteiger partial charge in [-0.1, -0.05) is 109 Å². The molecule has 256 valence electrons. The summed E-state index contributed by atoms with van der Waals surface area (Å²) in [4.78, 5) is 32.5. The summed E-state index contributed by atoms with van der Waals surface area (Å²) in [6.45, 7) is -0.210. The van der Waals surface area contributed by atoms with Crippen molar-refractivity contribution in [2.75, 3.05) is 6.61 Å². The maximum atomic E-state index is 15.0. The molecule has 15 heteroatoms. The Morgan fingerprint density at radius 3 is 1.71 bits per heavy atom. The first-order chi connectivity index (χ1) is 23.3. The molecule has 1 aromatic heterocycles. The van der Waals surface area contributed by atoms with Crippen LogP contribution in [0.5, 0.6) is 0 Å². The van der Waals surface area contributed by atoms with Gasteiger partial charge in [-0.15, -0.1) is 10.2 Å². The lowest BCUT2D eigenvalue weighted by molar-refractivity contribution is -0.162. The molecule has 3 N–H and O–H groups in total. The van der Waals surface area contributed by atoms with E-state index < -0.39 is 47.5 Å². The van der Waals surface area contributed by atoms with Crippen LogP contribution in [-0.4, -0.2) is 43.0 Å². The molecule has 0 aliphatic carbocycles. The molecule has 0 saturated carbocycles. The van der Waals surface area contributed by atoms with Gasteiger partial charge in [0.1, 0.15) is 6.61 Å². The van der Waals surface area contributed by atoms with Crippen LogP contribution < -0.4 is 0 Å². The summed E-state index contributed by atoms with van der Waals surface area (Å²) in [5, 5.41) is 12.0. The predicted octanol–water partition coefficient (Wildman–Crippen LogP) is 6.30. The normalized spacial score (nSPS) is 13.5. The smallest absolute Gasteiger partial charge is 0.399 e. The van der Waals surface area contributed by atoms with E-state index in [1.165, 1.54) is 36.4 Å². The van der Waals surface area contributed by atoms with Crippen LogP contribution in [0.15, 0.2) is 109 Å². The lowest BCUT2D eigenvalue weighted by Crippen LogP contribution is -2.41. The van der Waals surface area contributed by atoms with E-state index in [0.29, 0.717) is 16.7 Å². The molecule has 49 heavy (non-hydrogen) atoms. The third-order valence-corrected chi connectivity index (χ3v) is 8.82. The van der Waals surface area contributed by atoms with E-state index in [1.54, 1.807) is 30.3 Å². The number of hydrogen-bond donors (Lipinski definition) is 3. The number of nitrogens with zero attached hydrogens (tertiary/aromatic N) is 3. The number of carbonyl (C=O) groups excluding carboxylic acids is 1.